The first kappa shape index (κ1) is 10.6. The number of aryl methyl sites for hydroxylation is 1. The summed E-state index contributed by atoms with van der Waals surface area (Å²) in [6.45, 7) is 1.74. The number of methoxy groups -OCH3 is 1. The fourth-order valence-corrected chi connectivity index (χ4v) is 1.46. The number of hydrogen-bond donors (Lipinski definition) is 0. The second kappa shape index (κ2) is 4.12. The molecule has 3 nitrogen and oxygen atoms in total. The molecule has 0 aliphatic heterocycles. The van der Waals surface area contributed by atoms with Gasteiger partial charge in [0.2, 0.25) is 0 Å². The first-order valence-corrected chi connectivity index (χ1v) is 4.27. The van der Waals surface area contributed by atoms with Crippen LogP contribution >= 0.6 is 11.6 Å². The number of hydrogen-bond acceptors (Lipinski definition) is 3. The van der Waals surface area contributed by atoms with E-state index in [1.165, 1.54) is 7.11 Å². The van der Waals surface area contributed by atoms with E-state index < -0.39 is 5.24 Å². The van der Waals surface area contributed by atoms with E-state index in [9.17, 15) is 4.79 Å². The van der Waals surface area contributed by atoms with Crippen molar-refractivity contribution in [3.8, 4) is 11.8 Å². The molecule has 0 amide bonds. The summed E-state index contributed by atoms with van der Waals surface area (Å²) in [5.41, 5.74) is 1.26. The summed E-state index contributed by atoms with van der Waals surface area (Å²) in [4.78, 5) is 11.1. The third kappa shape index (κ3) is 1.70. The monoisotopic (exact) mass is 209 g/mol. The van der Waals surface area contributed by atoms with Crippen LogP contribution in [0.25, 0.3) is 0 Å². The average molecular weight is 210 g/mol. The Bertz CT molecular complexity index is 421. The maximum Gasteiger partial charge on any atom is 0.256 e. The standard InChI is InChI=1S/C10H8ClNO2/c1-6-3-4-7(5-12)9(14-2)8(6)10(11)13/h3-4H,1-2H3. The van der Waals surface area contributed by atoms with Crippen molar-refractivity contribution >= 4 is 16.8 Å². The fourth-order valence-electron chi connectivity index (χ4n) is 1.23. The third-order valence-corrected chi connectivity index (χ3v) is 2.08. The third-order valence-electron chi connectivity index (χ3n) is 1.89. The Morgan fingerprint density at radius 1 is 1.57 bits per heavy atom. The number of rotatable bonds is 2. The number of nitriles is 1. The molecule has 1 aromatic rings. The van der Waals surface area contributed by atoms with Gasteiger partial charge in [-0.05, 0) is 30.2 Å². The van der Waals surface area contributed by atoms with E-state index in [-0.39, 0.29) is 11.3 Å². The smallest absolute Gasteiger partial charge is 0.256 e. The van der Waals surface area contributed by atoms with Crippen molar-refractivity contribution in [1.82, 2.24) is 0 Å². The zero-order chi connectivity index (χ0) is 10.7. The molecular weight excluding hydrogens is 202 g/mol. The number of carbonyl (C=O) groups excluding carboxylic acids is 1. The Morgan fingerprint density at radius 3 is 2.64 bits per heavy atom. The minimum absolute atomic E-state index is 0.243. The zero-order valence-corrected chi connectivity index (χ0v) is 8.55. The quantitative estimate of drug-likeness (QED) is 0.702. The summed E-state index contributed by atoms with van der Waals surface area (Å²) in [5, 5.41) is 8.15. The van der Waals surface area contributed by atoms with Crippen LogP contribution in [0, 0.1) is 18.3 Å². The number of ether oxygens (including phenoxy) is 1. The van der Waals surface area contributed by atoms with Crippen LogP contribution in [0.3, 0.4) is 0 Å². The highest BCUT2D eigenvalue weighted by molar-refractivity contribution is 6.68. The van der Waals surface area contributed by atoms with Crippen molar-refractivity contribution in [1.29, 1.82) is 5.26 Å². The number of halogens is 1. The number of benzene rings is 1. The molecule has 0 spiro atoms. The van der Waals surface area contributed by atoms with Crippen molar-refractivity contribution in [2.24, 2.45) is 0 Å². The Morgan fingerprint density at radius 2 is 2.21 bits per heavy atom. The van der Waals surface area contributed by atoms with E-state index >= 15 is 0 Å². The van der Waals surface area contributed by atoms with Crippen molar-refractivity contribution in [2.45, 2.75) is 6.92 Å². The Kier molecular flexibility index (Phi) is 3.10. The Balaban J connectivity index is 3.53. The van der Waals surface area contributed by atoms with Crippen molar-refractivity contribution in [3.63, 3.8) is 0 Å². The molecule has 0 unspecified atom stereocenters. The second-order valence-corrected chi connectivity index (χ2v) is 3.07. The first-order valence-electron chi connectivity index (χ1n) is 3.89. The van der Waals surface area contributed by atoms with Gasteiger partial charge < -0.3 is 4.74 Å². The molecule has 0 N–H and O–H groups in total. The van der Waals surface area contributed by atoms with Crippen LogP contribution < -0.4 is 4.74 Å². The molecule has 0 radical (unpaired) electrons. The molecule has 0 aromatic heterocycles. The molecular formula is C10H8ClNO2. The molecule has 0 heterocycles. The van der Waals surface area contributed by atoms with Crippen molar-refractivity contribution in [3.05, 3.63) is 28.8 Å². The normalized spacial score (nSPS) is 9.29. The minimum Gasteiger partial charge on any atom is -0.495 e. The van der Waals surface area contributed by atoms with Crippen LogP contribution in [-0.4, -0.2) is 12.4 Å². The van der Waals surface area contributed by atoms with E-state index in [0.717, 1.165) is 0 Å². The van der Waals surface area contributed by atoms with E-state index in [4.69, 9.17) is 21.6 Å². The minimum atomic E-state index is -0.614. The van der Waals surface area contributed by atoms with Gasteiger partial charge in [-0.25, -0.2) is 0 Å². The van der Waals surface area contributed by atoms with Gasteiger partial charge in [0.15, 0.2) is 0 Å². The van der Waals surface area contributed by atoms with E-state index in [2.05, 4.69) is 0 Å². The van der Waals surface area contributed by atoms with E-state index in [1.807, 2.05) is 6.07 Å². The van der Waals surface area contributed by atoms with Gasteiger partial charge in [0.25, 0.3) is 5.24 Å². The van der Waals surface area contributed by atoms with Gasteiger partial charge in [-0.15, -0.1) is 0 Å². The largest absolute Gasteiger partial charge is 0.495 e. The van der Waals surface area contributed by atoms with Crippen molar-refractivity contribution < 1.29 is 9.53 Å². The molecule has 0 aliphatic rings. The molecule has 0 fully saturated rings. The maximum absolute atomic E-state index is 11.1. The number of nitrogens with zero attached hydrogens (tertiary/aromatic N) is 1. The van der Waals surface area contributed by atoms with Gasteiger partial charge in [0.1, 0.15) is 11.8 Å². The average Bonchev–Trinajstić information content (AvgIpc) is 2.16. The van der Waals surface area contributed by atoms with Crippen LogP contribution in [0.4, 0.5) is 0 Å². The van der Waals surface area contributed by atoms with Crippen LogP contribution in [-0.2, 0) is 0 Å². The summed E-state index contributed by atoms with van der Waals surface area (Å²) in [5.74, 6) is 0.243. The predicted molar refractivity (Wildman–Crippen MR) is 52.6 cm³/mol. The summed E-state index contributed by atoms with van der Waals surface area (Å²) in [6.07, 6.45) is 0. The topological polar surface area (TPSA) is 50.1 Å². The van der Waals surface area contributed by atoms with Gasteiger partial charge >= 0.3 is 0 Å². The molecule has 0 atom stereocenters. The lowest BCUT2D eigenvalue weighted by Gasteiger charge is -2.08. The molecule has 4 heteroatoms. The first-order chi connectivity index (χ1) is 6.61. The lowest BCUT2D eigenvalue weighted by Crippen LogP contribution is -2.01. The van der Waals surface area contributed by atoms with Crippen LogP contribution in [0.5, 0.6) is 5.75 Å². The molecule has 14 heavy (non-hydrogen) atoms. The Hall–Kier alpha value is -1.53. The van der Waals surface area contributed by atoms with E-state index in [0.29, 0.717) is 11.1 Å². The van der Waals surface area contributed by atoms with Crippen LogP contribution in [0.15, 0.2) is 12.1 Å². The van der Waals surface area contributed by atoms with Gasteiger partial charge in [-0.1, -0.05) is 6.07 Å². The van der Waals surface area contributed by atoms with Gasteiger partial charge in [-0.3, -0.25) is 4.79 Å². The molecule has 72 valence electrons. The Labute approximate surface area is 86.9 Å². The van der Waals surface area contributed by atoms with Crippen molar-refractivity contribution in [2.75, 3.05) is 7.11 Å². The summed E-state index contributed by atoms with van der Waals surface area (Å²) < 4.78 is 4.98. The van der Waals surface area contributed by atoms with Gasteiger partial charge in [0, 0.05) is 0 Å². The lowest BCUT2D eigenvalue weighted by molar-refractivity contribution is 0.107. The highest BCUT2D eigenvalue weighted by Gasteiger charge is 2.16. The maximum atomic E-state index is 11.1. The molecule has 0 bridgehead atoms. The second-order valence-electron chi connectivity index (χ2n) is 2.72. The van der Waals surface area contributed by atoms with Crippen LogP contribution in [0.1, 0.15) is 21.5 Å². The van der Waals surface area contributed by atoms with E-state index in [1.54, 1.807) is 19.1 Å². The fraction of sp³-hybridized carbons (Fsp3) is 0.200. The van der Waals surface area contributed by atoms with Crippen LogP contribution in [0.2, 0.25) is 0 Å². The molecule has 1 rings (SSSR count). The SMILES string of the molecule is COc1c(C#N)ccc(C)c1C(=O)Cl. The number of carbonyl (C=O) groups is 1. The zero-order valence-electron chi connectivity index (χ0n) is 7.80. The molecule has 1 aromatic carbocycles. The highest BCUT2D eigenvalue weighted by Crippen LogP contribution is 2.27. The van der Waals surface area contributed by atoms with Gasteiger partial charge in [-0.2, -0.15) is 5.26 Å². The molecule has 0 saturated carbocycles. The van der Waals surface area contributed by atoms with Gasteiger partial charge in [0.05, 0.1) is 18.2 Å². The molecule has 0 aliphatic carbocycles. The molecule has 0 saturated heterocycles. The summed E-state index contributed by atoms with van der Waals surface area (Å²) in [7, 11) is 1.40. The summed E-state index contributed by atoms with van der Waals surface area (Å²) >= 11 is 5.39. The summed E-state index contributed by atoms with van der Waals surface area (Å²) in [6, 6.07) is 5.19. The lowest BCUT2D eigenvalue weighted by atomic mass is 10.0. The predicted octanol–water partition coefficient (Wildman–Crippen LogP) is 2.25. The highest BCUT2D eigenvalue weighted by atomic mass is 35.5.